The van der Waals surface area contributed by atoms with E-state index in [4.69, 9.17) is 5.84 Å². The zero-order chi connectivity index (χ0) is 12.8. The first kappa shape index (κ1) is 12.5. The molecule has 1 aromatic carbocycles. The number of para-hydroxylation sites is 1. The number of hydrogen-bond acceptors (Lipinski definition) is 3. The Morgan fingerprint density at radius 1 is 1.39 bits per heavy atom. The fraction of sp³-hybridized carbons (Fsp3) is 0.417. The van der Waals surface area contributed by atoms with Gasteiger partial charge in [-0.1, -0.05) is 28.5 Å². The molecular formula is C12H18N6. The number of benzene rings is 1. The van der Waals surface area contributed by atoms with Crippen molar-refractivity contribution in [2.45, 2.75) is 13.0 Å². The first-order valence-electron chi connectivity index (χ1n) is 6.02. The Morgan fingerprint density at radius 2 is 2.17 bits per heavy atom. The van der Waals surface area contributed by atoms with E-state index in [1.54, 1.807) is 0 Å². The summed E-state index contributed by atoms with van der Waals surface area (Å²) in [4.78, 5) is 6.57. The van der Waals surface area contributed by atoms with Crippen LogP contribution in [0.1, 0.15) is 6.92 Å². The van der Waals surface area contributed by atoms with Crippen molar-refractivity contribution in [3.8, 4) is 0 Å². The number of piperazine rings is 1. The minimum atomic E-state index is 0.410. The molecule has 1 heterocycles. The third-order valence-corrected chi connectivity index (χ3v) is 2.78. The van der Waals surface area contributed by atoms with E-state index in [0.29, 0.717) is 12.0 Å². The molecular weight excluding hydrogens is 228 g/mol. The van der Waals surface area contributed by atoms with Gasteiger partial charge in [0.25, 0.3) is 0 Å². The molecule has 2 rings (SSSR count). The maximum absolute atomic E-state index is 5.16. The Bertz CT molecular complexity index is 427. The van der Waals surface area contributed by atoms with Gasteiger partial charge in [0.2, 0.25) is 5.96 Å². The molecule has 6 heteroatoms. The van der Waals surface area contributed by atoms with Gasteiger partial charge < -0.3 is 16.1 Å². The van der Waals surface area contributed by atoms with Crippen LogP contribution < -0.4 is 11.2 Å². The Balaban J connectivity index is 2.20. The lowest BCUT2D eigenvalue weighted by Crippen LogP contribution is -2.50. The van der Waals surface area contributed by atoms with Crippen LogP contribution in [0.5, 0.6) is 0 Å². The summed E-state index contributed by atoms with van der Waals surface area (Å²) in [7, 11) is 0. The molecule has 0 spiro atoms. The van der Waals surface area contributed by atoms with Gasteiger partial charge in [-0.3, -0.25) is 0 Å². The van der Waals surface area contributed by atoms with Crippen molar-refractivity contribution in [3.05, 3.63) is 30.3 Å². The van der Waals surface area contributed by atoms with E-state index in [1.807, 2.05) is 30.3 Å². The molecule has 96 valence electrons. The molecule has 1 aliphatic heterocycles. The number of aliphatic imine (C=N–C) groups is 1. The average Bonchev–Trinajstić information content (AvgIpc) is 2.39. The average molecular weight is 246 g/mol. The van der Waals surface area contributed by atoms with Crippen LogP contribution in [0.25, 0.3) is 0 Å². The Kier molecular flexibility index (Phi) is 4.25. The van der Waals surface area contributed by atoms with Gasteiger partial charge in [-0.15, -0.1) is 0 Å². The lowest BCUT2D eigenvalue weighted by molar-refractivity contribution is 0.300. The van der Waals surface area contributed by atoms with Gasteiger partial charge in [0, 0.05) is 25.7 Å². The van der Waals surface area contributed by atoms with Gasteiger partial charge >= 0.3 is 0 Å². The summed E-state index contributed by atoms with van der Waals surface area (Å²) in [6.07, 6.45) is 0. The molecule has 1 aliphatic rings. The monoisotopic (exact) mass is 246 g/mol. The number of hydrogen-bond donors (Lipinski definition) is 2. The highest BCUT2D eigenvalue weighted by atomic mass is 15.4. The van der Waals surface area contributed by atoms with E-state index in [-0.39, 0.29) is 0 Å². The van der Waals surface area contributed by atoms with Crippen LogP contribution >= 0.6 is 0 Å². The Labute approximate surface area is 107 Å². The molecule has 18 heavy (non-hydrogen) atoms. The minimum absolute atomic E-state index is 0.410. The zero-order valence-corrected chi connectivity index (χ0v) is 10.5. The molecule has 3 N–H and O–H groups in total. The first-order chi connectivity index (χ1) is 8.79. The smallest absolute Gasteiger partial charge is 0.247 e. The van der Waals surface area contributed by atoms with Crippen LogP contribution in [0, 0.1) is 0 Å². The molecule has 0 aliphatic carbocycles. The maximum atomic E-state index is 5.16. The molecule has 1 fully saturated rings. The SMILES string of the molecule is C[C@H]1CN(C(N=NN)=Nc2ccccc2)CCN1. The number of nitrogens with zero attached hydrogens (tertiary/aromatic N) is 4. The molecule has 1 atom stereocenters. The van der Waals surface area contributed by atoms with Gasteiger partial charge in [-0.2, -0.15) is 0 Å². The van der Waals surface area contributed by atoms with Crippen LogP contribution in [-0.4, -0.2) is 36.5 Å². The number of nitrogens with two attached hydrogens (primary N) is 1. The molecule has 0 bridgehead atoms. The van der Waals surface area contributed by atoms with Gasteiger partial charge in [0.1, 0.15) is 0 Å². The molecule has 1 saturated heterocycles. The van der Waals surface area contributed by atoms with Crippen molar-refractivity contribution >= 4 is 11.6 Å². The van der Waals surface area contributed by atoms with Crippen LogP contribution in [0.2, 0.25) is 0 Å². The first-order valence-corrected chi connectivity index (χ1v) is 6.02. The molecule has 1 aromatic rings. The standard InChI is InChI=1S/C12H18N6/c1-10-9-18(8-7-14-10)12(16-17-13)15-11-5-3-2-4-6-11/h2-6,10,14H,7-9H2,1H3,(H2,13,15,16)/t10-/m0/s1. The highest BCUT2D eigenvalue weighted by molar-refractivity contribution is 5.83. The van der Waals surface area contributed by atoms with Gasteiger partial charge in [-0.05, 0) is 19.1 Å². The number of nitrogens with one attached hydrogen (secondary N) is 1. The second kappa shape index (κ2) is 6.11. The fourth-order valence-electron chi connectivity index (χ4n) is 1.94. The maximum Gasteiger partial charge on any atom is 0.247 e. The normalized spacial score (nSPS) is 21.5. The van der Waals surface area contributed by atoms with Crippen molar-refractivity contribution in [1.29, 1.82) is 0 Å². The summed E-state index contributed by atoms with van der Waals surface area (Å²) < 4.78 is 0. The Morgan fingerprint density at radius 3 is 2.83 bits per heavy atom. The number of guanidine groups is 1. The van der Waals surface area contributed by atoms with E-state index < -0.39 is 0 Å². The highest BCUT2D eigenvalue weighted by Crippen LogP contribution is 2.13. The van der Waals surface area contributed by atoms with Crippen LogP contribution in [0.3, 0.4) is 0 Å². The summed E-state index contributed by atoms with van der Waals surface area (Å²) in [6.45, 7) is 4.75. The zero-order valence-electron chi connectivity index (χ0n) is 10.5. The molecule has 6 nitrogen and oxygen atoms in total. The van der Waals surface area contributed by atoms with Crippen molar-refractivity contribution in [2.75, 3.05) is 19.6 Å². The van der Waals surface area contributed by atoms with E-state index in [1.165, 1.54) is 0 Å². The largest absolute Gasteiger partial charge is 0.337 e. The van der Waals surface area contributed by atoms with Crippen molar-refractivity contribution in [3.63, 3.8) is 0 Å². The predicted molar refractivity (Wildman–Crippen MR) is 71.6 cm³/mol. The van der Waals surface area contributed by atoms with E-state index in [2.05, 4.69) is 32.5 Å². The van der Waals surface area contributed by atoms with Crippen LogP contribution in [0.4, 0.5) is 5.69 Å². The van der Waals surface area contributed by atoms with E-state index in [9.17, 15) is 0 Å². The lowest BCUT2D eigenvalue weighted by atomic mass is 10.2. The fourth-order valence-corrected chi connectivity index (χ4v) is 1.94. The molecule has 0 aromatic heterocycles. The summed E-state index contributed by atoms with van der Waals surface area (Å²) in [5.41, 5.74) is 0.853. The highest BCUT2D eigenvalue weighted by Gasteiger charge is 2.19. The van der Waals surface area contributed by atoms with Gasteiger partial charge in [-0.25, -0.2) is 4.99 Å². The summed E-state index contributed by atoms with van der Waals surface area (Å²) in [5.74, 6) is 5.73. The second-order valence-corrected chi connectivity index (χ2v) is 4.26. The van der Waals surface area contributed by atoms with Crippen molar-refractivity contribution in [1.82, 2.24) is 10.2 Å². The minimum Gasteiger partial charge on any atom is -0.337 e. The second-order valence-electron chi connectivity index (χ2n) is 4.26. The molecule has 0 amide bonds. The Hall–Kier alpha value is -1.95. The summed E-state index contributed by atoms with van der Waals surface area (Å²) in [5, 5.41) is 10.7. The lowest BCUT2D eigenvalue weighted by Gasteiger charge is -2.31. The predicted octanol–water partition coefficient (Wildman–Crippen LogP) is 1.29. The summed E-state index contributed by atoms with van der Waals surface area (Å²) >= 11 is 0. The topological polar surface area (TPSA) is 78.4 Å². The quantitative estimate of drug-likeness (QED) is 0.258. The van der Waals surface area contributed by atoms with Crippen LogP contribution in [0.15, 0.2) is 45.7 Å². The van der Waals surface area contributed by atoms with Gasteiger partial charge in [0.05, 0.1) is 5.69 Å². The van der Waals surface area contributed by atoms with Gasteiger partial charge in [0.15, 0.2) is 0 Å². The molecule has 0 saturated carbocycles. The van der Waals surface area contributed by atoms with E-state index >= 15 is 0 Å². The van der Waals surface area contributed by atoms with Crippen molar-refractivity contribution < 1.29 is 0 Å². The molecule has 0 unspecified atom stereocenters. The van der Waals surface area contributed by atoms with Crippen molar-refractivity contribution in [2.24, 2.45) is 21.2 Å². The number of rotatable bonds is 1. The third kappa shape index (κ3) is 3.27. The van der Waals surface area contributed by atoms with Crippen LogP contribution in [-0.2, 0) is 0 Å². The third-order valence-electron chi connectivity index (χ3n) is 2.78. The summed E-state index contributed by atoms with van der Waals surface area (Å²) in [6, 6.07) is 10.1. The van der Waals surface area contributed by atoms with E-state index in [0.717, 1.165) is 25.3 Å². The molecule has 0 radical (unpaired) electrons.